The predicted octanol–water partition coefficient (Wildman–Crippen LogP) is 8.05. The number of nitrogens with one attached hydrogen (secondary N) is 3. The van der Waals surface area contributed by atoms with Crippen molar-refractivity contribution in [2.45, 2.75) is 49.9 Å². The molecule has 0 unspecified atom stereocenters. The molecule has 0 radical (unpaired) electrons. The van der Waals surface area contributed by atoms with E-state index in [1.54, 1.807) is 70.7 Å². The number of aromatic nitrogens is 4. The lowest BCUT2D eigenvalue weighted by atomic mass is 10.0. The molecule has 2 aromatic heterocycles. The number of nitrogens with two attached hydrogens (primary N) is 1. The summed E-state index contributed by atoms with van der Waals surface area (Å²) >= 11 is 6.46. The van der Waals surface area contributed by atoms with Crippen LogP contribution >= 0.6 is 11.6 Å². The molecule has 4 atom stereocenters. The van der Waals surface area contributed by atoms with E-state index in [1.807, 2.05) is 54.6 Å². The van der Waals surface area contributed by atoms with Gasteiger partial charge in [-0.25, -0.2) is 19.6 Å². The fourth-order valence-electron chi connectivity index (χ4n) is 8.10. The zero-order valence-electron chi connectivity index (χ0n) is 32.7. The number of rotatable bonds is 11. The van der Waals surface area contributed by atoms with Crippen LogP contribution in [0.5, 0.6) is 0 Å². The van der Waals surface area contributed by atoms with E-state index in [9.17, 15) is 19.2 Å². The van der Waals surface area contributed by atoms with Crippen molar-refractivity contribution in [1.82, 2.24) is 35.1 Å². The minimum absolute atomic E-state index is 0.296. The van der Waals surface area contributed by atoms with Crippen molar-refractivity contribution >= 4 is 35.6 Å². The fourth-order valence-corrected chi connectivity index (χ4v) is 8.34. The normalized spacial score (nSPS) is 17.2. The Balaban J connectivity index is 0.932. The fraction of sp³-hybridized carbons (Fsp3) is 0.244. The zero-order valence-corrected chi connectivity index (χ0v) is 33.5. The molecule has 306 valence electrons. The van der Waals surface area contributed by atoms with Gasteiger partial charge in [0.15, 0.2) is 0 Å². The molecule has 14 nitrogen and oxygen atoms in total. The number of hydrogen-bond donors (Lipinski definition) is 4. The van der Waals surface area contributed by atoms with Crippen molar-refractivity contribution in [3.8, 4) is 33.6 Å². The van der Waals surface area contributed by atoms with E-state index in [0.717, 1.165) is 46.5 Å². The molecule has 0 saturated carbocycles. The summed E-state index contributed by atoms with van der Waals surface area (Å²) in [6.45, 7) is 1.01. The van der Waals surface area contributed by atoms with E-state index >= 15 is 0 Å². The highest BCUT2D eigenvalue weighted by Gasteiger charge is 2.39. The summed E-state index contributed by atoms with van der Waals surface area (Å²) in [6, 6.07) is 30.5. The number of methoxy groups -OCH3 is 1. The van der Waals surface area contributed by atoms with Gasteiger partial charge in [-0.15, -0.1) is 0 Å². The molecule has 0 aliphatic carbocycles. The second-order valence-corrected chi connectivity index (χ2v) is 15.1. The van der Waals surface area contributed by atoms with Crippen LogP contribution in [0.3, 0.4) is 0 Å². The van der Waals surface area contributed by atoms with Gasteiger partial charge >= 0.3 is 12.2 Å². The molecule has 0 spiro atoms. The van der Waals surface area contributed by atoms with E-state index < -0.39 is 24.3 Å². The quantitative estimate of drug-likeness (QED) is 0.101. The van der Waals surface area contributed by atoms with Gasteiger partial charge in [-0.1, -0.05) is 109 Å². The maximum atomic E-state index is 14.0. The average Bonchev–Trinajstić information content (AvgIpc) is 4.12. The van der Waals surface area contributed by atoms with E-state index in [4.69, 9.17) is 26.8 Å². The van der Waals surface area contributed by atoms with Gasteiger partial charge < -0.3 is 40.3 Å². The number of halogens is 1. The first kappa shape index (κ1) is 39.9. The van der Waals surface area contributed by atoms with Gasteiger partial charge in [-0.05, 0) is 54.0 Å². The molecule has 2 fully saturated rings. The summed E-state index contributed by atoms with van der Waals surface area (Å²) in [5.74, 6) is 0.684. The Morgan fingerprint density at radius 1 is 0.717 bits per heavy atom. The molecule has 2 aliphatic rings. The highest BCUT2D eigenvalue weighted by Crippen LogP contribution is 2.37. The standard InChI is InChI=1S/C45H43ClN8O6/c1-59-45(58)52-38(32-11-5-6-12-33(32)46)42(55)53-23-7-13-36(53)40-48-25-34(50-40)29-19-15-27(16-20-29)28-17-21-30(22-18-28)35-26-49-41(51-35)37-14-8-24-54(37)43(56)39(60-44(47)57)31-9-3-2-4-10-31/h2-6,9-12,15-22,25-26,36-39H,7-8,13-14,23-24H2,1H3,(H2,47,57)(H,48,50)(H,49,51)(H,52,58)/t36-,37-,38+,39+/m0/s1. The Morgan fingerprint density at radius 3 is 1.73 bits per heavy atom. The van der Waals surface area contributed by atoms with Gasteiger partial charge in [0.2, 0.25) is 6.10 Å². The molecule has 4 aromatic carbocycles. The largest absolute Gasteiger partial charge is 0.453 e. The molecule has 8 rings (SSSR count). The van der Waals surface area contributed by atoms with E-state index in [0.29, 0.717) is 53.7 Å². The molecule has 2 saturated heterocycles. The molecular formula is C45H43ClN8O6. The number of alkyl carbamates (subject to hydrolysis) is 1. The molecular weight excluding hydrogens is 784 g/mol. The number of likely N-dealkylation sites (tertiary alicyclic amines) is 2. The zero-order chi connectivity index (χ0) is 41.8. The number of hydrogen-bond acceptors (Lipinski definition) is 8. The number of H-pyrrole nitrogens is 2. The Kier molecular flexibility index (Phi) is 11.6. The number of carbonyl (C=O) groups is 4. The van der Waals surface area contributed by atoms with Gasteiger partial charge in [0, 0.05) is 29.2 Å². The topological polar surface area (TPSA) is 189 Å². The Bertz CT molecular complexity index is 2490. The first-order valence-corrected chi connectivity index (χ1v) is 20.1. The maximum absolute atomic E-state index is 14.0. The average molecular weight is 827 g/mol. The van der Waals surface area contributed by atoms with Crippen LogP contribution in [0.25, 0.3) is 33.6 Å². The first-order valence-electron chi connectivity index (χ1n) is 19.7. The van der Waals surface area contributed by atoms with Gasteiger partial charge in [0.1, 0.15) is 17.7 Å². The van der Waals surface area contributed by atoms with Crippen molar-refractivity contribution in [2.75, 3.05) is 20.2 Å². The summed E-state index contributed by atoms with van der Waals surface area (Å²) in [4.78, 5) is 71.4. The van der Waals surface area contributed by atoms with Crippen LogP contribution in [0.15, 0.2) is 116 Å². The number of primary amides is 1. The summed E-state index contributed by atoms with van der Waals surface area (Å²) < 4.78 is 10.1. The third-order valence-electron chi connectivity index (χ3n) is 11.1. The number of nitrogens with zero attached hydrogens (tertiary/aromatic N) is 4. The van der Waals surface area contributed by atoms with Crippen molar-refractivity contribution in [2.24, 2.45) is 5.73 Å². The summed E-state index contributed by atoms with van der Waals surface area (Å²) in [7, 11) is 1.25. The summed E-state index contributed by atoms with van der Waals surface area (Å²) in [5.41, 5.74) is 11.9. The van der Waals surface area contributed by atoms with E-state index in [2.05, 4.69) is 25.3 Å². The number of amides is 4. The van der Waals surface area contributed by atoms with Crippen molar-refractivity contribution in [3.05, 3.63) is 143 Å². The molecule has 5 N–H and O–H groups in total. The van der Waals surface area contributed by atoms with E-state index in [-0.39, 0.29) is 23.9 Å². The third kappa shape index (κ3) is 8.32. The lowest BCUT2D eigenvalue weighted by molar-refractivity contribution is -0.141. The number of ether oxygens (including phenoxy) is 2. The number of benzene rings is 4. The van der Waals surface area contributed by atoms with E-state index in [1.165, 1.54) is 7.11 Å². The predicted molar refractivity (Wildman–Crippen MR) is 224 cm³/mol. The second kappa shape index (κ2) is 17.5. The molecule has 4 amide bonds. The third-order valence-corrected chi connectivity index (χ3v) is 11.4. The summed E-state index contributed by atoms with van der Waals surface area (Å²) in [5, 5.41) is 3.03. The summed E-state index contributed by atoms with van der Waals surface area (Å²) in [6.07, 6.45) is 3.64. The van der Waals surface area contributed by atoms with Crippen LogP contribution in [-0.4, -0.2) is 73.9 Å². The van der Waals surface area contributed by atoms with Gasteiger partial charge in [-0.3, -0.25) is 9.59 Å². The second-order valence-electron chi connectivity index (χ2n) is 14.7. The Morgan fingerprint density at radius 2 is 1.22 bits per heavy atom. The van der Waals surface area contributed by atoms with Crippen molar-refractivity contribution in [1.29, 1.82) is 0 Å². The first-order chi connectivity index (χ1) is 29.2. The molecule has 15 heteroatoms. The highest BCUT2D eigenvalue weighted by molar-refractivity contribution is 6.31. The monoisotopic (exact) mass is 826 g/mol. The molecule has 6 aromatic rings. The van der Waals surface area contributed by atoms with Crippen LogP contribution in [0, 0.1) is 0 Å². The van der Waals surface area contributed by atoms with Crippen LogP contribution in [0.2, 0.25) is 5.02 Å². The smallest absolute Gasteiger partial charge is 0.407 e. The number of carbonyl (C=O) groups excluding carboxylic acids is 4. The molecule has 60 heavy (non-hydrogen) atoms. The van der Waals surface area contributed by atoms with Crippen molar-refractivity contribution in [3.63, 3.8) is 0 Å². The Hall–Kier alpha value is -6.93. The van der Waals surface area contributed by atoms with Crippen molar-refractivity contribution < 1.29 is 28.7 Å². The number of aromatic amines is 2. The van der Waals surface area contributed by atoms with Gasteiger partial charge in [-0.2, -0.15) is 0 Å². The molecule has 4 heterocycles. The van der Waals surface area contributed by atoms with Gasteiger partial charge in [0.05, 0.1) is 43.0 Å². The minimum Gasteiger partial charge on any atom is -0.453 e. The lowest BCUT2D eigenvalue weighted by Gasteiger charge is -2.28. The van der Waals surface area contributed by atoms with Crippen LogP contribution in [0.1, 0.15) is 72.7 Å². The lowest BCUT2D eigenvalue weighted by Crippen LogP contribution is -2.43. The maximum Gasteiger partial charge on any atom is 0.407 e. The number of imidazole rings is 2. The highest BCUT2D eigenvalue weighted by atomic mass is 35.5. The Labute approximate surface area is 351 Å². The molecule has 2 aliphatic heterocycles. The minimum atomic E-state index is -1.14. The van der Waals surface area contributed by atoms with Gasteiger partial charge in [0.25, 0.3) is 11.8 Å². The van der Waals surface area contributed by atoms with Crippen LogP contribution < -0.4 is 11.1 Å². The molecule has 0 bridgehead atoms. The van der Waals surface area contributed by atoms with Crippen LogP contribution in [0.4, 0.5) is 9.59 Å². The van der Waals surface area contributed by atoms with Crippen LogP contribution in [-0.2, 0) is 19.1 Å². The SMILES string of the molecule is COC(=O)N[C@@H](C(=O)N1CCC[C@H]1c1ncc(-c2ccc(-c3ccc(-c4cnc([C@@H]5CCCN5C(=O)[C@H](OC(N)=O)c5ccccc5)[nH]4)cc3)cc2)[nH]1)c1ccccc1Cl.